The number of fused-ring (bicyclic) bond motifs is 1. The molecule has 2 aromatic carbocycles. The van der Waals surface area contributed by atoms with E-state index < -0.39 is 0 Å². The zero-order chi connectivity index (χ0) is 19.5. The SMILES string of the molecule is CCn1nnnc1COc1cccc(C(=O)Nc2nc3ccc(Cl)cc3s2)c1. The fourth-order valence-electron chi connectivity index (χ4n) is 2.57. The summed E-state index contributed by atoms with van der Waals surface area (Å²) in [6, 6.07) is 12.3. The lowest BCUT2D eigenvalue weighted by molar-refractivity contribution is 0.102. The molecule has 10 heteroatoms. The number of rotatable bonds is 6. The Labute approximate surface area is 169 Å². The normalized spacial score (nSPS) is 10.9. The molecule has 8 nitrogen and oxygen atoms in total. The molecule has 0 saturated carbocycles. The summed E-state index contributed by atoms with van der Waals surface area (Å²) < 4.78 is 8.28. The number of benzene rings is 2. The molecule has 0 fully saturated rings. The van der Waals surface area contributed by atoms with E-state index in [0.29, 0.717) is 33.8 Å². The second kappa shape index (κ2) is 7.91. The lowest BCUT2D eigenvalue weighted by Gasteiger charge is -2.07. The molecule has 0 radical (unpaired) electrons. The van der Waals surface area contributed by atoms with Crippen molar-refractivity contribution in [1.29, 1.82) is 0 Å². The summed E-state index contributed by atoms with van der Waals surface area (Å²) in [6.45, 7) is 2.81. The molecule has 0 aliphatic heterocycles. The van der Waals surface area contributed by atoms with Crippen LogP contribution in [0.15, 0.2) is 42.5 Å². The van der Waals surface area contributed by atoms with Crippen molar-refractivity contribution in [3.05, 3.63) is 58.9 Å². The lowest BCUT2D eigenvalue weighted by atomic mass is 10.2. The first-order valence-corrected chi connectivity index (χ1v) is 9.67. The number of halogens is 1. The van der Waals surface area contributed by atoms with E-state index in [-0.39, 0.29) is 12.5 Å². The number of hydrogen-bond donors (Lipinski definition) is 1. The number of nitrogens with zero attached hydrogens (tertiary/aromatic N) is 5. The average Bonchev–Trinajstić information content (AvgIpc) is 3.32. The van der Waals surface area contributed by atoms with Gasteiger partial charge in [0.25, 0.3) is 5.91 Å². The summed E-state index contributed by atoms with van der Waals surface area (Å²) in [6.07, 6.45) is 0. The number of amides is 1. The number of aryl methyl sites for hydroxylation is 1. The summed E-state index contributed by atoms with van der Waals surface area (Å²) in [5, 5.41) is 15.4. The van der Waals surface area contributed by atoms with Crippen molar-refractivity contribution in [1.82, 2.24) is 25.2 Å². The fourth-order valence-corrected chi connectivity index (χ4v) is 3.71. The van der Waals surface area contributed by atoms with Crippen LogP contribution in [0.5, 0.6) is 5.75 Å². The summed E-state index contributed by atoms with van der Waals surface area (Å²) in [4.78, 5) is 17.0. The minimum Gasteiger partial charge on any atom is -0.486 e. The Hall–Kier alpha value is -3.04. The summed E-state index contributed by atoms with van der Waals surface area (Å²) in [5.41, 5.74) is 1.25. The minimum absolute atomic E-state index is 0.213. The number of ether oxygens (including phenoxy) is 1. The van der Waals surface area contributed by atoms with Crippen LogP contribution in [0, 0.1) is 0 Å². The van der Waals surface area contributed by atoms with E-state index in [1.165, 1.54) is 11.3 Å². The van der Waals surface area contributed by atoms with Gasteiger partial charge in [-0.25, -0.2) is 9.67 Å². The molecule has 4 aromatic rings. The molecule has 0 bridgehead atoms. The van der Waals surface area contributed by atoms with Gasteiger partial charge in [0.2, 0.25) is 0 Å². The third-order valence-electron chi connectivity index (χ3n) is 3.94. The number of hydrogen-bond acceptors (Lipinski definition) is 7. The van der Waals surface area contributed by atoms with E-state index >= 15 is 0 Å². The number of anilines is 1. The van der Waals surface area contributed by atoms with Crippen molar-refractivity contribution < 1.29 is 9.53 Å². The van der Waals surface area contributed by atoms with Gasteiger partial charge in [0, 0.05) is 17.1 Å². The Bertz CT molecular complexity index is 1140. The van der Waals surface area contributed by atoms with Crippen molar-refractivity contribution in [3.8, 4) is 5.75 Å². The Morgan fingerprint density at radius 1 is 1.29 bits per heavy atom. The van der Waals surface area contributed by atoms with E-state index in [4.69, 9.17) is 16.3 Å². The van der Waals surface area contributed by atoms with Gasteiger partial charge in [0.15, 0.2) is 11.0 Å². The summed E-state index contributed by atoms with van der Waals surface area (Å²) >= 11 is 7.36. The largest absolute Gasteiger partial charge is 0.486 e. The van der Waals surface area contributed by atoms with Crippen molar-refractivity contribution >= 4 is 44.2 Å². The molecule has 4 rings (SSSR count). The van der Waals surface area contributed by atoms with Gasteiger partial charge in [-0.3, -0.25) is 10.1 Å². The first-order valence-electron chi connectivity index (χ1n) is 8.47. The predicted octanol–water partition coefficient (Wildman–Crippen LogP) is 3.79. The fraction of sp³-hybridized carbons (Fsp3) is 0.167. The third-order valence-corrected chi connectivity index (χ3v) is 5.11. The van der Waals surface area contributed by atoms with Crippen LogP contribution in [-0.2, 0) is 13.2 Å². The number of carbonyl (C=O) groups is 1. The minimum atomic E-state index is -0.269. The van der Waals surface area contributed by atoms with Gasteiger partial charge in [0.05, 0.1) is 10.2 Å². The number of nitrogens with one attached hydrogen (secondary N) is 1. The molecule has 0 aliphatic rings. The molecule has 0 unspecified atom stereocenters. The number of carbonyl (C=O) groups excluding carboxylic acids is 1. The van der Waals surface area contributed by atoms with Gasteiger partial charge in [-0.1, -0.05) is 29.0 Å². The third kappa shape index (κ3) is 3.95. The Kier molecular flexibility index (Phi) is 5.18. The summed E-state index contributed by atoms with van der Waals surface area (Å²) in [5.74, 6) is 0.897. The van der Waals surface area contributed by atoms with Crippen LogP contribution in [0.3, 0.4) is 0 Å². The van der Waals surface area contributed by atoms with Crippen LogP contribution in [-0.4, -0.2) is 31.1 Å². The molecule has 0 spiro atoms. The highest BCUT2D eigenvalue weighted by Gasteiger charge is 2.12. The van der Waals surface area contributed by atoms with E-state index in [0.717, 1.165) is 10.2 Å². The highest BCUT2D eigenvalue weighted by Crippen LogP contribution is 2.28. The van der Waals surface area contributed by atoms with Crippen LogP contribution in [0.25, 0.3) is 10.2 Å². The molecule has 2 heterocycles. The molecule has 1 amide bonds. The molecule has 0 atom stereocenters. The standard InChI is InChI=1S/C18H15ClN6O2S/c1-2-25-16(22-23-24-25)10-27-13-5-3-4-11(8-13)17(26)21-18-20-14-7-6-12(19)9-15(14)28-18/h3-9H,2,10H2,1H3,(H,20,21,26). The number of thiazole rings is 1. The lowest BCUT2D eigenvalue weighted by Crippen LogP contribution is -2.12. The maximum absolute atomic E-state index is 12.6. The summed E-state index contributed by atoms with van der Waals surface area (Å²) in [7, 11) is 0. The van der Waals surface area contributed by atoms with Crippen LogP contribution in [0.2, 0.25) is 5.02 Å². The second-order valence-corrected chi connectivity index (χ2v) is 7.28. The van der Waals surface area contributed by atoms with Crippen molar-refractivity contribution in [2.75, 3.05) is 5.32 Å². The quantitative estimate of drug-likeness (QED) is 0.515. The zero-order valence-electron chi connectivity index (χ0n) is 14.8. The van der Waals surface area contributed by atoms with Gasteiger partial charge < -0.3 is 4.74 Å². The molecule has 0 aliphatic carbocycles. The van der Waals surface area contributed by atoms with Crippen molar-refractivity contribution in [2.45, 2.75) is 20.1 Å². The van der Waals surface area contributed by atoms with Crippen LogP contribution >= 0.6 is 22.9 Å². The first-order chi connectivity index (χ1) is 13.6. The highest BCUT2D eigenvalue weighted by molar-refractivity contribution is 7.22. The van der Waals surface area contributed by atoms with Gasteiger partial charge in [-0.05, 0) is 53.7 Å². The maximum Gasteiger partial charge on any atom is 0.257 e. The Morgan fingerprint density at radius 2 is 2.18 bits per heavy atom. The molecular formula is C18H15ClN6O2S. The smallest absolute Gasteiger partial charge is 0.257 e. The predicted molar refractivity (Wildman–Crippen MR) is 107 cm³/mol. The van der Waals surface area contributed by atoms with Gasteiger partial charge >= 0.3 is 0 Å². The molecule has 0 saturated heterocycles. The number of aromatic nitrogens is 5. The average molecular weight is 415 g/mol. The molecule has 1 N–H and O–H groups in total. The maximum atomic E-state index is 12.6. The molecule has 28 heavy (non-hydrogen) atoms. The van der Waals surface area contributed by atoms with E-state index in [2.05, 4.69) is 25.8 Å². The Morgan fingerprint density at radius 3 is 3.04 bits per heavy atom. The van der Waals surface area contributed by atoms with Crippen molar-refractivity contribution in [3.63, 3.8) is 0 Å². The zero-order valence-corrected chi connectivity index (χ0v) is 16.4. The van der Waals surface area contributed by atoms with Crippen LogP contribution in [0.1, 0.15) is 23.1 Å². The van der Waals surface area contributed by atoms with E-state index in [1.807, 2.05) is 19.1 Å². The van der Waals surface area contributed by atoms with Gasteiger partial charge in [0.1, 0.15) is 12.4 Å². The van der Waals surface area contributed by atoms with E-state index in [1.54, 1.807) is 35.0 Å². The van der Waals surface area contributed by atoms with Crippen LogP contribution < -0.4 is 10.1 Å². The number of tetrazole rings is 1. The molecule has 142 valence electrons. The Balaban J connectivity index is 1.46. The van der Waals surface area contributed by atoms with Crippen LogP contribution in [0.4, 0.5) is 5.13 Å². The highest BCUT2D eigenvalue weighted by atomic mass is 35.5. The first kappa shape index (κ1) is 18.3. The van der Waals surface area contributed by atoms with Crippen molar-refractivity contribution in [2.24, 2.45) is 0 Å². The molecular weight excluding hydrogens is 400 g/mol. The van der Waals surface area contributed by atoms with Gasteiger partial charge in [-0.2, -0.15) is 0 Å². The second-order valence-electron chi connectivity index (χ2n) is 5.81. The van der Waals surface area contributed by atoms with Gasteiger partial charge in [-0.15, -0.1) is 5.10 Å². The van der Waals surface area contributed by atoms with E-state index in [9.17, 15) is 4.79 Å². The molecule has 2 aromatic heterocycles. The monoisotopic (exact) mass is 414 g/mol. The topological polar surface area (TPSA) is 94.8 Å².